The number of halogens is 2. The number of ether oxygens (including phenoxy) is 1. The number of nitrogens with one attached hydrogen (secondary N) is 1. The number of aryl methyl sites for hydroxylation is 1. The minimum Gasteiger partial charge on any atom is -0.405 e. The van der Waals surface area contributed by atoms with Crippen LogP contribution in [0.5, 0.6) is 5.88 Å². The number of aromatic nitrogens is 2. The third-order valence-corrected chi connectivity index (χ3v) is 3.64. The predicted octanol–water partition coefficient (Wildman–Crippen LogP) is 2.61. The van der Waals surface area contributed by atoms with Gasteiger partial charge in [-0.15, -0.1) is 5.10 Å². The van der Waals surface area contributed by atoms with Crippen molar-refractivity contribution in [1.82, 2.24) is 15.1 Å². The Morgan fingerprint density at radius 2 is 2.00 bits per heavy atom. The van der Waals surface area contributed by atoms with Crippen LogP contribution in [0.25, 0.3) is 0 Å². The van der Waals surface area contributed by atoms with E-state index < -0.39 is 0 Å². The van der Waals surface area contributed by atoms with Gasteiger partial charge in [0.1, 0.15) is 11.6 Å². The number of rotatable bonds is 3. The summed E-state index contributed by atoms with van der Waals surface area (Å²) < 4.78 is 33.3. The summed E-state index contributed by atoms with van der Waals surface area (Å²) in [4.78, 5) is 3.85. The lowest BCUT2D eigenvalue weighted by Crippen LogP contribution is -2.32. The number of aliphatic imine (C=N–C) groups is 1. The van der Waals surface area contributed by atoms with Gasteiger partial charge in [-0.1, -0.05) is 12.1 Å². The van der Waals surface area contributed by atoms with Gasteiger partial charge in [0.2, 0.25) is 5.88 Å². The quantitative estimate of drug-likeness (QED) is 0.946. The average molecular weight is 318 g/mol. The van der Waals surface area contributed by atoms with E-state index in [0.717, 1.165) is 23.0 Å². The summed E-state index contributed by atoms with van der Waals surface area (Å²) >= 11 is 0. The Bertz CT molecular complexity index is 778. The fourth-order valence-corrected chi connectivity index (χ4v) is 2.25. The summed E-state index contributed by atoms with van der Waals surface area (Å²) in [5.74, 6) is -0.236. The van der Waals surface area contributed by atoms with E-state index in [0.29, 0.717) is 12.3 Å². The Kier molecular flexibility index (Phi) is 4.10. The van der Waals surface area contributed by atoms with Crippen molar-refractivity contribution >= 4 is 6.02 Å². The van der Waals surface area contributed by atoms with Gasteiger partial charge in [-0.25, -0.2) is 13.8 Å². The highest BCUT2D eigenvalue weighted by Crippen LogP contribution is 2.24. The van der Waals surface area contributed by atoms with Crippen LogP contribution in [0.1, 0.15) is 16.8 Å². The molecule has 1 N–H and O–H groups in total. The van der Waals surface area contributed by atoms with Crippen molar-refractivity contribution in [3.63, 3.8) is 0 Å². The second-order valence-corrected chi connectivity index (χ2v) is 5.26. The van der Waals surface area contributed by atoms with Crippen molar-refractivity contribution < 1.29 is 13.5 Å². The molecule has 0 fully saturated rings. The van der Waals surface area contributed by atoms with Crippen LogP contribution in [-0.4, -0.2) is 22.3 Å². The van der Waals surface area contributed by atoms with E-state index in [4.69, 9.17) is 4.74 Å². The second-order valence-electron chi connectivity index (χ2n) is 5.26. The average Bonchev–Trinajstić information content (AvgIpc) is 2.79. The predicted molar refractivity (Wildman–Crippen MR) is 82.4 cm³/mol. The Labute approximate surface area is 132 Å². The fourth-order valence-electron chi connectivity index (χ4n) is 2.25. The van der Waals surface area contributed by atoms with Gasteiger partial charge in [0, 0.05) is 24.7 Å². The summed E-state index contributed by atoms with van der Waals surface area (Å²) in [5.41, 5.74) is 2.75. The number of hydrogen-bond donors (Lipinski definition) is 1. The standard InChI is InChI=1S/C16H16F2N4O/c1-10-14(7-11-3-5-12(17)6-4-11)15(21-22(10)2)23-16-19-8-13(18)9-20-16/h3-6,8H,7,9H2,1-2H3,(H,19,20). The van der Waals surface area contributed by atoms with Gasteiger partial charge in [-0.05, 0) is 24.6 Å². The van der Waals surface area contributed by atoms with E-state index >= 15 is 0 Å². The third kappa shape index (κ3) is 3.39. The molecular formula is C16H16F2N4O. The Balaban J connectivity index is 1.86. The molecule has 0 spiro atoms. The number of hydrogen-bond acceptors (Lipinski definition) is 4. The van der Waals surface area contributed by atoms with E-state index in [1.807, 2.05) is 14.0 Å². The molecule has 7 heteroatoms. The molecule has 5 nitrogen and oxygen atoms in total. The van der Waals surface area contributed by atoms with Crippen LogP contribution in [0.2, 0.25) is 0 Å². The SMILES string of the molecule is Cc1c(Cc2ccc(F)cc2)c(OC2=NC=C(F)CN2)nn1C. The highest BCUT2D eigenvalue weighted by molar-refractivity contribution is 5.78. The maximum atomic E-state index is 13.0. The molecule has 0 amide bonds. The van der Waals surface area contributed by atoms with Crippen LogP contribution in [0, 0.1) is 12.7 Å². The number of nitrogens with zero attached hydrogens (tertiary/aromatic N) is 3. The molecule has 2 aromatic rings. The zero-order chi connectivity index (χ0) is 16.4. The largest absolute Gasteiger partial charge is 0.405 e. The van der Waals surface area contributed by atoms with Gasteiger partial charge in [-0.3, -0.25) is 4.68 Å². The first kappa shape index (κ1) is 15.2. The normalized spacial score (nSPS) is 14.1. The molecule has 1 aliphatic rings. The van der Waals surface area contributed by atoms with E-state index in [1.165, 1.54) is 12.1 Å². The Morgan fingerprint density at radius 3 is 2.65 bits per heavy atom. The molecular weight excluding hydrogens is 302 g/mol. The summed E-state index contributed by atoms with van der Waals surface area (Å²) in [5, 5.41) is 7.05. The molecule has 0 saturated heterocycles. The first-order valence-corrected chi connectivity index (χ1v) is 7.14. The monoisotopic (exact) mass is 318 g/mol. The molecule has 1 aliphatic heterocycles. The van der Waals surface area contributed by atoms with Gasteiger partial charge in [0.05, 0.1) is 12.7 Å². The molecule has 1 aromatic heterocycles. The van der Waals surface area contributed by atoms with E-state index in [9.17, 15) is 8.78 Å². The molecule has 3 rings (SSSR count). The number of amidine groups is 1. The summed E-state index contributed by atoms with van der Waals surface area (Å²) in [6, 6.07) is 6.48. The molecule has 2 heterocycles. The maximum absolute atomic E-state index is 13.0. The van der Waals surface area contributed by atoms with Crippen molar-refractivity contribution in [3.05, 3.63) is 58.9 Å². The van der Waals surface area contributed by atoms with Gasteiger partial charge in [-0.2, -0.15) is 0 Å². The van der Waals surface area contributed by atoms with Crippen LogP contribution in [0.15, 0.2) is 41.3 Å². The third-order valence-electron chi connectivity index (χ3n) is 3.64. The summed E-state index contributed by atoms with van der Waals surface area (Å²) in [6.07, 6.45) is 1.66. The van der Waals surface area contributed by atoms with E-state index in [2.05, 4.69) is 15.4 Å². The summed E-state index contributed by atoms with van der Waals surface area (Å²) in [7, 11) is 1.81. The van der Waals surface area contributed by atoms with Crippen LogP contribution >= 0.6 is 0 Å². The van der Waals surface area contributed by atoms with Gasteiger partial charge in [0.15, 0.2) is 0 Å². The Morgan fingerprint density at radius 1 is 1.26 bits per heavy atom. The smallest absolute Gasteiger partial charge is 0.296 e. The molecule has 0 aliphatic carbocycles. The first-order valence-electron chi connectivity index (χ1n) is 7.14. The molecule has 120 valence electrons. The van der Waals surface area contributed by atoms with Crippen molar-refractivity contribution in [2.75, 3.05) is 6.54 Å². The topological polar surface area (TPSA) is 51.4 Å². The summed E-state index contributed by atoms with van der Waals surface area (Å²) in [6.45, 7) is 1.96. The van der Waals surface area contributed by atoms with Crippen LogP contribution in [0.4, 0.5) is 8.78 Å². The molecule has 0 atom stereocenters. The minimum atomic E-state index is -0.360. The Hall–Kier alpha value is -2.70. The molecule has 0 saturated carbocycles. The molecule has 0 bridgehead atoms. The van der Waals surface area contributed by atoms with Crippen LogP contribution < -0.4 is 10.1 Å². The van der Waals surface area contributed by atoms with Crippen molar-refractivity contribution in [1.29, 1.82) is 0 Å². The van der Waals surface area contributed by atoms with E-state index in [1.54, 1.807) is 16.8 Å². The molecule has 0 unspecified atom stereocenters. The lowest BCUT2D eigenvalue weighted by molar-refractivity contribution is 0.471. The molecule has 1 aromatic carbocycles. The van der Waals surface area contributed by atoms with Crippen molar-refractivity contribution in [2.24, 2.45) is 12.0 Å². The highest BCUT2D eigenvalue weighted by atomic mass is 19.1. The highest BCUT2D eigenvalue weighted by Gasteiger charge is 2.18. The van der Waals surface area contributed by atoms with Gasteiger partial charge in [0.25, 0.3) is 6.02 Å². The second kappa shape index (κ2) is 6.20. The minimum absolute atomic E-state index is 0.0396. The van der Waals surface area contributed by atoms with Crippen LogP contribution in [0.3, 0.4) is 0 Å². The van der Waals surface area contributed by atoms with Crippen molar-refractivity contribution in [2.45, 2.75) is 13.3 Å². The lowest BCUT2D eigenvalue weighted by Gasteiger charge is -2.12. The van der Waals surface area contributed by atoms with Crippen LogP contribution in [-0.2, 0) is 13.5 Å². The fraction of sp³-hybridized carbons (Fsp3) is 0.250. The maximum Gasteiger partial charge on any atom is 0.296 e. The zero-order valence-corrected chi connectivity index (χ0v) is 12.8. The molecule has 0 radical (unpaired) electrons. The first-order chi connectivity index (χ1) is 11.0. The number of benzene rings is 1. The van der Waals surface area contributed by atoms with Gasteiger partial charge >= 0.3 is 0 Å². The van der Waals surface area contributed by atoms with Crippen molar-refractivity contribution in [3.8, 4) is 5.88 Å². The molecule has 23 heavy (non-hydrogen) atoms. The van der Waals surface area contributed by atoms with E-state index in [-0.39, 0.29) is 24.2 Å². The zero-order valence-electron chi connectivity index (χ0n) is 12.8. The lowest BCUT2D eigenvalue weighted by atomic mass is 10.1. The van der Waals surface area contributed by atoms with Gasteiger partial charge < -0.3 is 10.1 Å².